The van der Waals surface area contributed by atoms with E-state index in [1.807, 2.05) is 0 Å². The van der Waals surface area contributed by atoms with Crippen molar-refractivity contribution in [3.63, 3.8) is 0 Å². The highest BCUT2D eigenvalue weighted by atomic mass is 35.5. The SMILES string of the molecule is Cl.Cl.NC1C2CCCC1CC(C(=O)NC1CCN(C3CC3)C1)C2. The van der Waals surface area contributed by atoms with Crippen LogP contribution in [0.3, 0.4) is 0 Å². The van der Waals surface area contributed by atoms with E-state index < -0.39 is 0 Å². The number of carbonyl (C=O) groups excluding carboxylic acids is 1. The van der Waals surface area contributed by atoms with Gasteiger partial charge in [0.1, 0.15) is 0 Å². The summed E-state index contributed by atoms with van der Waals surface area (Å²) in [6.45, 7) is 2.26. The van der Waals surface area contributed by atoms with Crippen molar-refractivity contribution in [3.05, 3.63) is 0 Å². The van der Waals surface area contributed by atoms with E-state index in [4.69, 9.17) is 5.73 Å². The van der Waals surface area contributed by atoms with E-state index in [1.165, 1.54) is 38.6 Å². The van der Waals surface area contributed by atoms with Gasteiger partial charge in [0.05, 0.1) is 0 Å². The predicted molar refractivity (Wildman–Crippen MR) is 97.2 cm³/mol. The second-order valence-corrected chi connectivity index (χ2v) is 7.92. The highest BCUT2D eigenvalue weighted by molar-refractivity contribution is 5.85. The number of halogens is 2. The molecule has 2 bridgehead atoms. The molecular weight excluding hydrogens is 333 g/mol. The van der Waals surface area contributed by atoms with Gasteiger partial charge in [-0.2, -0.15) is 0 Å². The first-order valence-electron chi connectivity index (χ1n) is 9.00. The van der Waals surface area contributed by atoms with E-state index >= 15 is 0 Å². The molecule has 134 valence electrons. The minimum atomic E-state index is 0. The van der Waals surface area contributed by atoms with E-state index in [9.17, 15) is 4.79 Å². The van der Waals surface area contributed by atoms with E-state index in [2.05, 4.69) is 10.2 Å². The molecule has 3 unspecified atom stereocenters. The lowest BCUT2D eigenvalue weighted by atomic mass is 9.65. The molecule has 3 saturated carbocycles. The number of amides is 1. The van der Waals surface area contributed by atoms with Gasteiger partial charge in [0.2, 0.25) is 5.91 Å². The molecule has 0 aromatic rings. The lowest BCUT2D eigenvalue weighted by Crippen LogP contribution is -2.50. The molecule has 3 N–H and O–H groups in total. The van der Waals surface area contributed by atoms with E-state index in [1.54, 1.807) is 0 Å². The van der Waals surface area contributed by atoms with E-state index in [-0.39, 0.29) is 30.7 Å². The fourth-order valence-electron chi connectivity index (χ4n) is 5.00. The summed E-state index contributed by atoms with van der Waals surface area (Å²) in [5.74, 6) is 1.75. The van der Waals surface area contributed by atoms with Crippen LogP contribution in [0.25, 0.3) is 0 Å². The van der Waals surface area contributed by atoms with Crippen molar-refractivity contribution in [2.75, 3.05) is 13.1 Å². The van der Waals surface area contributed by atoms with Gasteiger partial charge in [0, 0.05) is 37.1 Å². The van der Waals surface area contributed by atoms with Crippen LogP contribution in [0.2, 0.25) is 0 Å². The Balaban J connectivity index is 0.000000960. The van der Waals surface area contributed by atoms with Crippen LogP contribution >= 0.6 is 24.8 Å². The summed E-state index contributed by atoms with van der Waals surface area (Å²) in [7, 11) is 0. The monoisotopic (exact) mass is 363 g/mol. The van der Waals surface area contributed by atoms with Crippen LogP contribution in [-0.2, 0) is 4.79 Å². The molecular formula is C17H31Cl2N3O. The molecule has 0 aromatic heterocycles. The first-order valence-corrected chi connectivity index (χ1v) is 9.00. The minimum absolute atomic E-state index is 0. The van der Waals surface area contributed by atoms with Crippen molar-refractivity contribution >= 4 is 30.7 Å². The van der Waals surface area contributed by atoms with E-state index in [0.717, 1.165) is 31.8 Å². The summed E-state index contributed by atoms with van der Waals surface area (Å²) in [4.78, 5) is 15.2. The normalized spacial score (nSPS) is 40.0. The summed E-state index contributed by atoms with van der Waals surface area (Å²) in [5, 5.41) is 3.34. The molecule has 0 radical (unpaired) electrons. The third kappa shape index (κ3) is 4.15. The third-order valence-corrected chi connectivity index (χ3v) is 6.41. The molecule has 3 aliphatic carbocycles. The van der Waals surface area contributed by atoms with Crippen LogP contribution in [-0.4, -0.2) is 42.0 Å². The smallest absolute Gasteiger partial charge is 0.223 e. The minimum Gasteiger partial charge on any atom is -0.352 e. The Bertz CT molecular complexity index is 405. The van der Waals surface area contributed by atoms with Gasteiger partial charge in [-0.05, 0) is 56.8 Å². The molecule has 3 atom stereocenters. The summed E-state index contributed by atoms with van der Waals surface area (Å²) >= 11 is 0. The first kappa shape index (κ1) is 19.3. The van der Waals surface area contributed by atoms with Crippen molar-refractivity contribution in [3.8, 4) is 0 Å². The van der Waals surface area contributed by atoms with Crippen molar-refractivity contribution in [1.82, 2.24) is 10.2 Å². The number of carbonyl (C=O) groups is 1. The Morgan fingerprint density at radius 1 is 1.00 bits per heavy atom. The number of hydrogen-bond acceptors (Lipinski definition) is 3. The quantitative estimate of drug-likeness (QED) is 0.808. The Morgan fingerprint density at radius 2 is 1.65 bits per heavy atom. The molecule has 1 saturated heterocycles. The Labute approximate surface area is 152 Å². The largest absolute Gasteiger partial charge is 0.352 e. The number of nitrogens with zero attached hydrogens (tertiary/aromatic N) is 1. The molecule has 0 spiro atoms. The predicted octanol–water partition coefficient (Wildman–Crippen LogP) is 2.34. The topological polar surface area (TPSA) is 58.4 Å². The molecule has 4 aliphatic rings. The highest BCUT2D eigenvalue weighted by Gasteiger charge is 2.41. The van der Waals surface area contributed by atoms with Crippen molar-refractivity contribution < 1.29 is 4.79 Å². The van der Waals surface area contributed by atoms with Crippen LogP contribution in [0, 0.1) is 17.8 Å². The number of fused-ring (bicyclic) bond motifs is 2. The van der Waals surface area contributed by atoms with Crippen LogP contribution in [0.5, 0.6) is 0 Å². The fourth-order valence-corrected chi connectivity index (χ4v) is 5.00. The number of nitrogens with one attached hydrogen (secondary N) is 1. The van der Waals surface area contributed by atoms with Crippen molar-refractivity contribution in [2.24, 2.45) is 23.5 Å². The lowest BCUT2D eigenvalue weighted by Gasteiger charge is -2.43. The maximum absolute atomic E-state index is 12.6. The molecule has 4 fully saturated rings. The lowest BCUT2D eigenvalue weighted by molar-refractivity contribution is -0.128. The number of rotatable bonds is 3. The van der Waals surface area contributed by atoms with Crippen LogP contribution in [0.4, 0.5) is 0 Å². The second-order valence-electron chi connectivity index (χ2n) is 7.92. The van der Waals surface area contributed by atoms with Gasteiger partial charge in [-0.25, -0.2) is 0 Å². The molecule has 4 rings (SSSR count). The molecule has 4 nitrogen and oxygen atoms in total. The average Bonchev–Trinajstić information content (AvgIpc) is 3.19. The van der Waals surface area contributed by atoms with Crippen LogP contribution < -0.4 is 11.1 Å². The molecule has 1 amide bonds. The zero-order valence-corrected chi connectivity index (χ0v) is 15.4. The third-order valence-electron chi connectivity index (χ3n) is 6.41. The van der Waals surface area contributed by atoms with Gasteiger partial charge in [-0.3, -0.25) is 9.69 Å². The maximum atomic E-state index is 12.6. The molecule has 0 aromatic carbocycles. The van der Waals surface area contributed by atoms with Gasteiger partial charge in [-0.15, -0.1) is 24.8 Å². The van der Waals surface area contributed by atoms with Crippen LogP contribution in [0.1, 0.15) is 51.4 Å². The van der Waals surface area contributed by atoms with Gasteiger partial charge in [0.25, 0.3) is 0 Å². The zero-order chi connectivity index (χ0) is 14.4. The summed E-state index contributed by atoms with van der Waals surface area (Å²) in [6, 6.07) is 1.59. The summed E-state index contributed by atoms with van der Waals surface area (Å²) < 4.78 is 0. The van der Waals surface area contributed by atoms with Crippen molar-refractivity contribution in [2.45, 2.75) is 69.5 Å². The standard InChI is InChI=1S/C17H29N3O.2ClH/c18-16-11-2-1-3-12(16)9-13(8-11)17(21)19-14-6-7-20(10-14)15-4-5-15;;/h11-16H,1-10,18H2,(H,19,21);2*1H. The summed E-state index contributed by atoms with van der Waals surface area (Å²) in [5.41, 5.74) is 6.33. The summed E-state index contributed by atoms with van der Waals surface area (Å²) in [6.07, 6.45) is 9.72. The van der Waals surface area contributed by atoms with Gasteiger partial charge >= 0.3 is 0 Å². The van der Waals surface area contributed by atoms with Crippen molar-refractivity contribution in [1.29, 1.82) is 0 Å². The molecule has 1 aliphatic heterocycles. The number of likely N-dealkylation sites (tertiary alicyclic amines) is 1. The van der Waals surface area contributed by atoms with E-state index in [0.29, 0.717) is 29.8 Å². The molecule has 6 heteroatoms. The molecule has 1 heterocycles. The van der Waals surface area contributed by atoms with Gasteiger partial charge in [0.15, 0.2) is 0 Å². The van der Waals surface area contributed by atoms with Gasteiger partial charge in [-0.1, -0.05) is 6.42 Å². The Hall–Kier alpha value is -0.0300. The molecule has 23 heavy (non-hydrogen) atoms. The second kappa shape index (κ2) is 7.90. The Morgan fingerprint density at radius 3 is 2.26 bits per heavy atom. The zero-order valence-electron chi connectivity index (χ0n) is 13.8. The first-order chi connectivity index (χ1) is 10.2. The Kier molecular flexibility index (Phi) is 6.63. The number of hydrogen-bond donors (Lipinski definition) is 2. The average molecular weight is 364 g/mol. The van der Waals surface area contributed by atoms with Crippen LogP contribution in [0.15, 0.2) is 0 Å². The number of nitrogens with two attached hydrogens (primary N) is 1. The van der Waals surface area contributed by atoms with Gasteiger partial charge < -0.3 is 11.1 Å². The highest BCUT2D eigenvalue weighted by Crippen LogP contribution is 2.42. The fraction of sp³-hybridized carbons (Fsp3) is 0.941. The maximum Gasteiger partial charge on any atom is 0.223 e.